The first-order valence-corrected chi connectivity index (χ1v) is 10.2. The molecule has 0 N–H and O–H groups in total. The molecule has 1 unspecified atom stereocenters. The van der Waals surface area contributed by atoms with Gasteiger partial charge in [-0.3, -0.25) is 0 Å². The molecule has 0 aliphatic rings. The maximum Gasteiger partial charge on any atom is 0.363 e. The molecule has 164 valence electrons. The van der Waals surface area contributed by atoms with Crippen LogP contribution in [0.1, 0.15) is 11.1 Å². The molecule has 3 rings (SSSR count). The molecule has 0 aliphatic heterocycles. The van der Waals surface area contributed by atoms with E-state index in [-0.39, 0.29) is 8.46 Å². The summed E-state index contributed by atoms with van der Waals surface area (Å²) < 4.78 is 30.1. The molecule has 0 saturated heterocycles. The van der Waals surface area contributed by atoms with Crippen LogP contribution in [0.5, 0.6) is 23.0 Å². The zero-order valence-corrected chi connectivity index (χ0v) is 19.3. The van der Waals surface area contributed by atoms with Crippen LogP contribution < -0.4 is 24.3 Å². The first-order chi connectivity index (χ1) is 15.6. The Morgan fingerprint density at radius 1 is 0.594 bits per heavy atom. The highest BCUT2D eigenvalue weighted by Gasteiger charge is 2.08. The topological polar surface area (TPSA) is 102 Å². The number of ether oxygens (including phenoxy) is 4. The highest BCUT2D eigenvalue weighted by molar-refractivity contribution is 7.34. The van der Waals surface area contributed by atoms with Crippen molar-refractivity contribution in [3.8, 4) is 35.1 Å². The fraction of sp³-hybridized carbons (Fsp3) is 0.167. The monoisotopic (exact) mass is 451 g/mol. The lowest BCUT2D eigenvalue weighted by atomic mass is 10.2. The minimum atomic E-state index is -0.320. The molecule has 7 nitrogen and oxygen atoms in total. The molecule has 3 aromatic rings. The van der Waals surface area contributed by atoms with Crippen LogP contribution in [0.15, 0.2) is 66.7 Å². The van der Waals surface area contributed by atoms with Gasteiger partial charge in [-0.2, -0.15) is 10.5 Å². The van der Waals surface area contributed by atoms with Gasteiger partial charge in [-0.15, -0.1) is 0 Å². The van der Waals surface area contributed by atoms with Crippen molar-refractivity contribution in [2.75, 3.05) is 28.4 Å². The Kier molecular flexibility index (Phi) is 12.1. The van der Waals surface area contributed by atoms with Gasteiger partial charge in [-0.1, -0.05) is 34.9 Å². The van der Waals surface area contributed by atoms with Gasteiger partial charge < -0.3 is 18.9 Å². The Morgan fingerprint density at radius 2 is 0.938 bits per heavy atom. The summed E-state index contributed by atoms with van der Waals surface area (Å²) in [6, 6.07) is 23.8. The van der Waals surface area contributed by atoms with Crippen LogP contribution in [-0.2, 0) is 4.57 Å². The van der Waals surface area contributed by atoms with Gasteiger partial charge in [0.15, 0.2) is 5.30 Å². The number of nitriles is 2. The molecule has 1 atom stereocenters. The molecule has 0 aromatic heterocycles. The SMILES string of the molecule is COc1cccc(OC)c1C#N.COc1cccc(OC)c1C#N.O=[PH+]c1ccccc1. The normalized spacial score (nSPS) is 8.94. The lowest BCUT2D eigenvalue weighted by molar-refractivity contribution is 0.392. The van der Waals surface area contributed by atoms with E-state index >= 15 is 0 Å². The second-order valence-electron chi connectivity index (χ2n) is 5.77. The van der Waals surface area contributed by atoms with Crippen LogP contribution >= 0.6 is 8.46 Å². The van der Waals surface area contributed by atoms with E-state index < -0.39 is 0 Å². The Labute approximate surface area is 189 Å². The molecule has 0 spiro atoms. The molecule has 0 saturated carbocycles. The van der Waals surface area contributed by atoms with Gasteiger partial charge in [0.25, 0.3) is 0 Å². The molecule has 3 aromatic carbocycles. The summed E-state index contributed by atoms with van der Waals surface area (Å²) in [5.74, 6) is 2.16. The summed E-state index contributed by atoms with van der Waals surface area (Å²) in [4.78, 5) is 0. The van der Waals surface area contributed by atoms with Crippen molar-refractivity contribution in [3.63, 3.8) is 0 Å². The largest absolute Gasteiger partial charge is 0.495 e. The van der Waals surface area contributed by atoms with Crippen molar-refractivity contribution in [2.24, 2.45) is 0 Å². The van der Waals surface area contributed by atoms with E-state index in [1.807, 2.05) is 42.5 Å². The fourth-order valence-corrected chi connectivity index (χ4v) is 2.76. The predicted molar refractivity (Wildman–Crippen MR) is 124 cm³/mol. The van der Waals surface area contributed by atoms with Crippen LogP contribution in [0, 0.1) is 22.7 Å². The number of nitrogens with zero attached hydrogens (tertiary/aromatic N) is 2. The third kappa shape index (κ3) is 7.65. The van der Waals surface area contributed by atoms with Crippen molar-refractivity contribution in [1.29, 1.82) is 10.5 Å². The Bertz CT molecular complexity index is 966. The molecular formula is C24H24N2O5P+. The van der Waals surface area contributed by atoms with Crippen LogP contribution in [0.2, 0.25) is 0 Å². The van der Waals surface area contributed by atoms with Crippen molar-refractivity contribution in [1.82, 2.24) is 0 Å². The predicted octanol–water partition coefficient (Wildman–Crippen LogP) is 4.49. The molecule has 32 heavy (non-hydrogen) atoms. The zero-order valence-electron chi connectivity index (χ0n) is 18.3. The van der Waals surface area contributed by atoms with Crippen molar-refractivity contribution in [2.45, 2.75) is 0 Å². The fourth-order valence-electron chi connectivity index (χ4n) is 2.43. The summed E-state index contributed by atoms with van der Waals surface area (Å²) in [5, 5.41) is 18.4. The quantitative estimate of drug-likeness (QED) is 0.527. The van der Waals surface area contributed by atoms with Gasteiger partial charge in [0.05, 0.1) is 28.4 Å². The van der Waals surface area contributed by atoms with Crippen LogP contribution in [0.3, 0.4) is 0 Å². The highest BCUT2D eigenvalue weighted by Crippen LogP contribution is 2.27. The number of benzene rings is 3. The summed E-state index contributed by atoms with van der Waals surface area (Å²) in [5.41, 5.74) is 0.866. The first-order valence-electron chi connectivity index (χ1n) is 9.25. The standard InChI is InChI=1S/2C9H9NO2.C6H5OP/c2*1-11-8-4-3-5-9(12-2)7(8)6-10;7-8-6-4-2-1-3-5-6/h2*3-5H,1-2H3;1-5H/p+1. The van der Waals surface area contributed by atoms with E-state index in [1.54, 1.807) is 36.4 Å². The summed E-state index contributed by atoms with van der Waals surface area (Å²) in [7, 11) is 5.77. The van der Waals surface area contributed by atoms with Gasteiger partial charge in [-0.05, 0) is 36.4 Å². The first kappa shape index (κ1) is 26.0. The number of hydrogen-bond donors (Lipinski definition) is 0. The van der Waals surface area contributed by atoms with E-state index in [0.717, 1.165) is 5.30 Å². The molecule has 0 bridgehead atoms. The summed E-state index contributed by atoms with van der Waals surface area (Å²) in [6.07, 6.45) is 0. The van der Waals surface area contributed by atoms with Gasteiger partial charge in [0.2, 0.25) is 0 Å². The van der Waals surface area contributed by atoms with Crippen LogP contribution in [0.4, 0.5) is 0 Å². The molecular weight excluding hydrogens is 427 g/mol. The molecule has 8 heteroatoms. The smallest absolute Gasteiger partial charge is 0.363 e. The maximum atomic E-state index is 10.2. The van der Waals surface area contributed by atoms with E-state index in [4.69, 9.17) is 29.5 Å². The minimum absolute atomic E-state index is 0.320. The molecule has 0 fully saturated rings. The Balaban J connectivity index is 0.000000245. The maximum absolute atomic E-state index is 10.2. The van der Waals surface area contributed by atoms with Gasteiger partial charge in [-0.25, -0.2) is 0 Å². The minimum Gasteiger partial charge on any atom is -0.495 e. The Morgan fingerprint density at radius 3 is 1.16 bits per heavy atom. The third-order valence-electron chi connectivity index (χ3n) is 3.97. The highest BCUT2D eigenvalue weighted by atomic mass is 31.1. The molecule has 0 heterocycles. The second kappa shape index (κ2) is 14.8. The van der Waals surface area contributed by atoms with E-state index in [1.165, 1.54) is 28.4 Å². The molecule has 0 aliphatic carbocycles. The second-order valence-corrected chi connectivity index (χ2v) is 6.55. The lowest BCUT2D eigenvalue weighted by Gasteiger charge is -2.05. The Hall–Kier alpha value is -4.06. The van der Waals surface area contributed by atoms with E-state index in [0.29, 0.717) is 34.1 Å². The number of hydrogen-bond acceptors (Lipinski definition) is 7. The van der Waals surface area contributed by atoms with Crippen molar-refractivity contribution < 1.29 is 23.5 Å². The number of methoxy groups -OCH3 is 4. The van der Waals surface area contributed by atoms with Crippen LogP contribution in [0.25, 0.3) is 0 Å². The molecule has 0 radical (unpaired) electrons. The summed E-state index contributed by atoms with van der Waals surface area (Å²) >= 11 is 0. The van der Waals surface area contributed by atoms with Gasteiger partial charge in [0.1, 0.15) is 46.3 Å². The zero-order chi connectivity index (χ0) is 23.8. The number of rotatable bonds is 5. The average Bonchev–Trinajstić information content (AvgIpc) is 2.88. The third-order valence-corrected chi connectivity index (χ3v) is 4.54. The van der Waals surface area contributed by atoms with E-state index in [9.17, 15) is 4.57 Å². The summed E-state index contributed by atoms with van der Waals surface area (Å²) in [6.45, 7) is 0. The lowest BCUT2D eigenvalue weighted by Crippen LogP contribution is -1.92. The van der Waals surface area contributed by atoms with Gasteiger partial charge in [0, 0.05) is 0 Å². The van der Waals surface area contributed by atoms with Crippen molar-refractivity contribution in [3.05, 3.63) is 77.9 Å². The van der Waals surface area contributed by atoms with Gasteiger partial charge >= 0.3 is 8.46 Å². The van der Waals surface area contributed by atoms with Crippen molar-refractivity contribution >= 4 is 13.8 Å². The molecule has 0 amide bonds. The van der Waals surface area contributed by atoms with E-state index in [2.05, 4.69) is 0 Å². The average molecular weight is 451 g/mol. The van der Waals surface area contributed by atoms with Crippen LogP contribution in [-0.4, -0.2) is 28.4 Å².